The molecule has 0 fully saturated rings. The second-order valence-corrected chi connectivity index (χ2v) is 5.03. The predicted octanol–water partition coefficient (Wildman–Crippen LogP) is 3.39. The van der Waals surface area contributed by atoms with E-state index in [1.165, 1.54) is 0 Å². The standard InChI is InChI=1S/C8H4Br2ClN3S/c9-4-1-5(10)7(14-8(13)15)3(2-12)6(4)11/h1H,(H3,13,14,15). The van der Waals surface area contributed by atoms with Crippen LogP contribution in [-0.4, -0.2) is 5.11 Å². The van der Waals surface area contributed by atoms with Gasteiger partial charge in [0.2, 0.25) is 0 Å². The van der Waals surface area contributed by atoms with Crippen LogP contribution in [0, 0.1) is 11.3 Å². The lowest BCUT2D eigenvalue weighted by Crippen LogP contribution is -2.20. The van der Waals surface area contributed by atoms with E-state index in [0.717, 1.165) is 0 Å². The van der Waals surface area contributed by atoms with Gasteiger partial charge in [-0.1, -0.05) is 11.6 Å². The van der Waals surface area contributed by atoms with Crippen molar-refractivity contribution in [1.29, 1.82) is 5.26 Å². The number of nitriles is 1. The summed E-state index contributed by atoms with van der Waals surface area (Å²) in [7, 11) is 0. The zero-order chi connectivity index (χ0) is 11.6. The molecular weight excluding hydrogens is 365 g/mol. The number of thiocarbonyl (C=S) groups is 1. The molecule has 0 radical (unpaired) electrons. The number of anilines is 1. The lowest BCUT2D eigenvalue weighted by molar-refractivity contribution is 1.45. The molecule has 15 heavy (non-hydrogen) atoms. The minimum absolute atomic E-state index is 0.0746. The molecule has 0 saturated carbocycles. The van der Waals surface area contributed by atoms with E-state index in [-0.39, 0.29) is 10.7 Å². The topological polar surface area (TPSA) is 61.8 Å². The molecule has 0 heterocycles. The highest BCUT2D eigenvalue weighted by Crippen LogP contribution is 2.37. The second-order valence-electron chi connectivity index (χ2n) is 2.51. The van der Waals surface area contributed by atoms with Crippen molar-refractivity contribution in [3.8, 4) is 6.07 Å². The molecule has 3 nitrogen and oxygen atoms in total. The molecule has 1 aromatic carbocycles. The van der Waals surface area contributed by atoms with E-state index < -0.39 is 0 Å². The molecule has 0 spiro atoms. The Labute approximate surface area is 114 Å². The molecule has 1 rings (SSSR count). The van der Waals surface area contributed by atoms with E-state index in [1.807, 2.05) is 6.07 Å². The summed E-state index contributed by atoms with van der Waals surface area (Å²) in [6.45, 7) is 0. The summed E-state index contributed by atoms with van der Waals surface area (Å²) in [6.07, 6.45) is 0. The van der Waals surface area contributed by atoms with Crippen molar-refractivity contribution in [3.05, 3.63) is 25.6 Å². The van der Waals surface area contributed by atoms with Crippen LogP contribution in [0.2, 0.25) is 5.02 Å². The summed E-state index contributed by atoms with van der Waals surface area (Å²) in [4.78, 5) is 0. The van der Waals surface area contributed by atoms with Gasteiger partial charge in [-0.05, 0) is 50.1 Å². The smallest absolute Gasteiger partial charge is 0.168 e. The van der Waals surface area contributed by atoms with Crippen molar-refractivity contribution in [3.63, 3.8) is 0 Å². The van der Waals surface area contributed by atoms with Crippen LogP contribution < -0.4 is 11.1 Å². The van der Waals surface area contributed by atoms with Crippen LogP contribution in [0.5, 0.6) is 0 Å². The maximum Gasteiger partial charge on any atom is 0.168 e. The average molecular weight is 369 g/mol. The van der Waals surface area contributed by atoms with Crippen LogP contribution >= 0.6 is 55.7 Å². The average Bonchev–Trinajstić information content (AvgIpc) is 2.14. The Balaban J connectivity index is 3.43. The fraction of sp³-hybridized carbons (Fsp3) is 0. The van der Waals surface area contributed by atoms with Crippen molar-refractivity contribution >= 4 is 66.5 Å². The SMILES string of the molecule is N#Cc1c(Cl)c(Br)cc(Br)c1NC(N)=S. The van der Waals surface area contributed by atoms with Crippen molar-refractivity contribution < 1.29 is 0 Å². The summed E-state index contributed by atoms with van der Waals surface area (Å²) in [5.41, 5.74) is 6.09. The maximum absolute atomic E-state index is 8.96. The summed E-state index contributed by atoms with van der Waals surface area (Å²) in [6, 6.07) is 3.69. The fourth-order valence-electron chi connectivity index (χ4n) is 0.946. The van der Waals surface area contributed by atoms with E-state index in [2.05, 4.69) is 37.2 Å². The largest absolute Gasteiger partial charge is 0.376 e. The van der Waals surface area contributed by atoms with Gasteiger partial charge in [-0.2, -0.15) is 5.26 Å². The second kappa shape index (κ2) is 5.12. The zero-order valence-electron chi connectivity index (χ0n) is 7.14. The first-order valence-electron chi connectivity index (χ1n) is 3.61. The van der Waals surface area contributed by atoms with Gasteiger partial charge in [-0.15, -0.1) is 0 Å². The zero-order valence-corrected chi connectivity index (χ0v) is 11.9. The minimum Gasteiger partial charge on any atom is -0.376 e. The van der Waals surface area contributed by atoms with Crippen LogP contribution in [0.15, 0.2) is 15.0 Å². The first-order valence-corrected chi connectivity index (χ1v) is 5.98. The van der Waals surface area contributed by atoms with Crippen molar-refractivity contribution in [2.24, 2.45) is 5.73 Å². The van der Waals surface area contributed by atoms with Gasteiger partial charge >= 0.3 is 0 Å². The summed E-state index contributed by atoms with van der Waals surface area (Å²) in [5.74, 6) is 0. The maximum atomic E-state index is 8.96. The summed E-state index contributed by atoms with van der Waals surface area (Å²) >= 11 is 17.2. The quantitative estimate of drug-likeness (QED) is 0.588. The molecule has 0 aliphatic heterocycles. The Morgan fingerprint density at radius 2 is 2.13 bits per heavy atom. The van der Waals surface area contributed by atoms with Gasteiger partial charge in [-0.25, -0.2) is 0 Å². The number of rotatable bonds is 1. The van der Waals surface area contributed by atoms with E-state index in [0.29, 0.717) is 19.7 Å². The highest BCUT2D eigenvalue weighted by atomic mass is 79.9. The van der Waals surface area contributed by atoms with Crippen molar-refractivity contribution in [1.82, 2.24) is 0 Å². The molecule has 0 unspecified atom stereocenters. The number of hydrogen-bond acceptors (Lipinski definition) is 2. The Morgan fingerprint density at radius 3 is 2.60 bits per heavy atom. The molecule has 0 aliphatic carbocycles. The Morgan fingerprint density at radius 1 is 1.53 bits per heavy atom. The van der Waals surface area contributed by atoms with Crippen molar-refractivity contribution in [2.45, 2.75) is 0 Å². The van der Waals surface area contributed by atoms with E-state index in [4.69, 9.17) is 34.8 Å². The molecular formula is C8H4Br2ClN3S. The van der Waals surface area contributed by atoms with Gasteiger partial charge in [-0.3, -0.25) is 0 Å². The van der Waals surface area contributed by atoms with E-state index >= 15 is 0 Å². The molecule has 0 atom stereocenters. The van der Waals surface area contributed by atoms with Crippen LogP contribution in [0.3, 0.4) is 0 Å². The molecule has 0 bridgehead atoms. The number of halogens is 3. The molecule has 0 saturated heterocycles. The normalized spacial score (nSPS) is 9.47. The Bertz CT molecular complexity index is 470. The highest BCUT2D eigenvalue weighted by Gasteiger charge is 2.14. The third kappa shape index (κ3) is 2.82. The number of hydrogen-bond donors (Lipinski definition) is 2. The molecule has 0 aromatic heterocycles. The highest BCUT2D eigenvalue weighted by molar-refractivity contribution is 9.11. The Kier molecular flexibility index (Phi) is 4.34. The van der Waals surface area contributed by atoms with Gasteiger partial charge in [0.15, 0.2) is 5.11 Å². The molecule has 0 amide bonds. The first kappa shape index (κ1) is 12.7. The minimum atomic E-state index is 0.0746. The van der Waals surface area contributed by atoms with E-state index in [9.17, 15) is 0 Å². The summed E-state index contributed by atoms with van der Waals surface area (Å²) in [5, 5.41) is 12.0. The summed E-state index contributed by atoms with van der Waals surface area (Å²) < 4.78 is 1.28. The number of benzene rings is 1. The number of nitrogens with one attached hydrogen (secondary N) is 1. The third-order valence-electron chi connectivity index (χ3n) is 1.53. The number of nitrogens with two attached hydrogens (primary N) is 1. The molecule has 7 heteroatoms. The fourth-order valence-corrected chi connectivity index (χ4v) is 2.50. The molecule has 78 valence electrons. The van der Waals surface area contributed by atoms with Crippen molar-refractivity contribution in [2.75, 3.05) is 5.32 Å². The third-order valence-corrected chi connectivity index (χ3v) is 3.51. The van der Waals surface area contributed by atoms with Gasteiger partial charge in [0.05, 0.1) is 16.3 Å². The van der Waals surface area contributed by atoms with Crippen LogP contribution in [-0.2, 0) is 0 Å². The van der Waals surface area contributed by atoms with Crippen LogP contribution in [0.25, 0.3) is 0 Å². The van der Waals surface area contributed by atoms with Crippen LogP contribution in [0.4, 0.5) is 5.69 Å². The molecule has 0 aliphatic rings. The van der Waals surface area contributed by atoms with Gasteiger partial charge in [0.25, 0.3) is 0 Å². The van der Waals surface area contributed by atoms with Gasteiger partial charge < -0.3 is 11.1 Å². The Hall–Kier alpha value is -0.350. The lowest BCUT2D eigenvalue weighted by Gasteiger charge is -2.11. The monoisotopic (exact) mass is 367 g/mol. The lowest BCUT2D eigenvalue weighted by atomic mass is 10.2. The van der Waals surface area contributed by atoms with Gasteiger partial charge in [0.1, 0.15) is 6.07 Å². The predicted molar refractivity (Wildman–Crippen MR) is 72.0 cm³/mol. The van der Waals surface area contributed by atoms with E-state index in [1.54, 1.807) is 6.07 Å². The van der Waals surface area contributed by atoms with Gasteiger partial charge in [0, 0.05) is 8.95 Å². The molecule has 1 aromatic rings. The molecule has 3 N–H and O–H groups in total. The number of nitrogens with zero attached hydrogens (tertiary/aromatic N) is 1. The first-order chi connectivity index (χ1) is 6.97. The van der Waals surface area contributed by atoms with Crippen LogP contribution in [0.1, 0.15) is 5.56 Å².